The maximum atomic E-state index is 12.4. The zero-order valence-electron chi connectivity index (χ0n) is 16.4. The van der Waals surface area contributed by atoms with Crippen LogP contribution in [0.3, 0.4) is 0 Å². The second-order valence-corrected chi connectivity index (χ2v) is 6.84. The van der Waals surface area contributed by atoms with E-state index in [1.54, 1.807) is 50.5 Å². The maximum Gasteiger partial charge on any atom is 0.324 e. The van der Waals surface area contributed by atoms with Crippen molar-refractivity contribution in [3.8, 4) is 5.75 Å². The minimum atomic E-state index is -0.369. The van der Waals surface area contributed by atoms with Gasteiger partial charge in [-0.1, -0.05) is 12.1 Å². The van der Waals surface area contributed by atoms with Gasteiger partial charge in [0.25, 0.3) is 0 Å². The van der Waals surface area contributed by atoms with Gasteiger partial charge in [-0.25, -0.2) is 14.3 Å². The van der Waals surface area contributed by atoms with Crippen molar-refractivity contribution in [3.63, 3.8) is 0 Å². The summed E-state index contributed by atoms with van der Waals surface area (Å²) in [6.07, 6.45) is 3.23. The predicted molar refractivity (Wildman–Crippen MR) is 107 cm³/mol. The predicted octanol–water partition coefficient (Wildman–Crippen LogP) is 2.85. The van der Waals surface area contributed by atoms with Crippen LogP contribution in [0.4, 0.5) is 21.1 Å². The number of hydrogen-bond donors (Lipinski definition) is 2. The Morgan fingerprint density at radius 2 is 1.86 bits per heavy atom. The van der Waals surface area contributed by atoms with Crippen molar-refractivity contribution < 1.29 is 14.3 Å². The molecule has 0 saturated carbocycles. The van der Waals surface area contributed by atoms with Crippen LogP contribution in [-0.2, 0) is 0 Å². The third-order valence-electron chi connectivity index (χ3n) is 4.73. The SMILES string of the molecule is COc1ccccc1NC(=O)Nc1ccnn1C1CCN(C(=O)N(C)C)CC1. The molecule has 9 heteroatoms. The van der Waals surface area contributed by atoms with Gasteiger partial charge in [0, 0.05) is 33.3 Å². The molecule has 1 aromatic heterocycles. The third kappa shape index (κ3) is 4.36. The molecule has 0 unspecified atom stereocenters. The number of amides is 4. The van der Waals surface area contributed by atoms with E-state index in [1.807, 2.05) is 21.7 Å². The van der Waals surface area contributed by atoms with Crippen LogP contribution in [0.25, 0.3) is 0 Å². The molecule has 1 aliphatic heterocycles. The Labute approximate surface area is 164 Å². The van der Waals surface area contributed by atoms with E-state index in [9.17, 15) is 9.59 Å². The number of carbonyl (C=O) groups is 2. The first-order chi connectivity index (χ1) is 13.5. The largest absolute Gasteiger partial charge is 0.495 e. The molecule has 28 heavy (non-hydrogen) atoms. The number of aromatic nitrogens is 2. The fourth-order valence-corrected chi connectivity index (χ4v) is 3.31. The van der Waals surface area contributed by atoms with E-state index >= 15 is 0 Å². The van der Waals surface area contributed by atoms with Crippen LogP contribution < -0.4 is 15.4 Å². The number of nitrogens with one attached hydrogen (secondary N) is 2. The molecule has 0 atom stereocenters. The number of benzene rings is 1. The Morgan fingerprint density at radius 1 is 1.14 bits per heavy atom. The molecule has 150 valence electrons. The van der Waals surface area contributed by atoms with Crippen molar-refractivity contribution in [3.05, 3.63) is 36.5 Å². The summed E-state index contributed by atoms with van der Waals surface area (Å²) in [6, 6.07) is 8.76. The van der Waals surface area contributed by atoms with Crippen molar-refractivity contribution in [1.82, 2.24) is 19.6 Å². The van der Waals surface area contributed by atoms with E-state index < -0.39 is 0 Å². The zero-order chi connectivity index (χ0) is 20.1. The van der Waals surface area contributed by atoms with Crippen molar-refractivity contribution in [2.24, 2.45) is 0 Å². The number of ether oxygens (including phenoxy) is 1. The van der Waals surface area contributed by atoms with E-state index in [1.165, 1.54) is 0 Å². The Bertz CT molecular complexity index is 827. The zero-order valence-corrected chi connectivity index (χ0v) is 16.4. The summed E-state index contributed by atoms with van der Waals surface area (Å²) < 4.78 is 7.07. The Hall–Kier alpha value is -3.23. The van der Waals surface area contributed by atoms with Crippen LogP contribution in [0.2, 0.25) is 0 Å². The monoisotopic (exact) mass is 386 g/mol. The lowest BCUT2D eigenvalue weighted by atomic mass is 10.1. The second-order valence-electron chi connectivity index (χ2n) is 6.84. The van der Waals surface area contributed by atoms with Crippen molar-refractivity contribution >= 4 is 23.6 Å². The number of methoxy groups -OCH3 is 1. The number of rotatable bonds is 4. The van der Waals surface area contributed by atoms with Crippen LogP contribution in [0, 0.1) is 0 Å². The molecule has 0 radical (unpaired) electrons. The van der Waals surface area contributed by atoms with Gasteiger partial charge in [-0.15, -0.1) is 0 Å². The van der Waals surface area contributed by atoms with Gasteiger partial charge in [0.05, 0.1) is 25.0 Å². The molecule has 3 rings (SSSR count). The van der Waals surface area contributed by atoms with Crippen molar-refractivity contribution in [1.29, 1.82) is 0 Å². The highest BCUT2D eigenvalue weighted by molar-refractivity contribution is 6.00. The van der Waals surface area contributed by atoms with Crippen LogP contribution in [0.15, 0.2) is 36.5 Å². The smallest absolute Gasteiger partial charge is 0.324 e. The van der Waals surface area contributed by atoms with Crippen molar-refractivity contribution in [2.45, 2.75) is 18.9 Å². The number of urea groups is 2. The third-order valence-corrected chi connectivity index (χ3v) is 4.73. The molecule has 0 aliphatic carbocycles. The summed E-state index contributed by atoms with van der Waals surface area (Å²) in [5.74, 6) is 1.20. The molecule has 1 aromatic carbocycles. The molecular weight excluding hydrogens is 360 g/mol. The van der Waals surface area contributed by atoms with Gasteiger partial charge in [-0.3, -0.25) is 5.32 Å². The summed E-state index contributed by atoms with van der Waals surface area (Å²) in [5.41, 5.74) is 0.587. The van der Waals surface area contributed by atoms with Gasteiger partial charge >= 0.3 is 12.1 Å². The van der Waals surface area contributed by atoms with Gasteiger partial charge < -0.3 is 19.9 Å². The number of nitrogens with zero attached hydrogens (tertiary/aromatic N) is 4. The minimum absolute atomic E-state index is 0.0217. The fourth-order valence-electron chi connectivity index (χ4n) is 3.31. The summed E-state index contributed by atoms with van der Waals surface area (Å²) in [5, 5.41) is 10.0. The quantitative estimate of drug-likeness (QED) is 0.845. The number of hydrogen-bond acceptors (Lipinski definition) is 4. The van der Waals surface area contributed by atoms with Crippen LogP contribution >= 0.6 is 0 Å². The number of anilines is 2. The van der Waals surface area contributed by atoms with Crippen LogP contribution in [0.5, 0.6) is 5.75 Å². The number of piperidine rings is 1. The van der Waals surface area contributed by atoms with E-state index in [-0.39, 0.29) is 18.1 Å². The molecule has 9 nitrogen and oxygen atoms in total. The van der Waals surface area contributed by atoms with Crippen molar-refractivity contribution in [2.75, 3.05) is 44.9 Å². The summed E-state index contributed by atoms with van der Waals surface area (Å²) in [6.45, 7) is 1.32. The Kier molecular flexibility index (Phi) is 6.03. The van der Waals surface area contributed by atoms with Gasteiger partial charge in [0.1, 0.15) is 11.6 Å². The first-order valence-electron chi connectivity index (χ1n) is 9.20. The van der Waals surface area contributed by atoms with Gasteiger partial charge in [-0.2, -0.15) is 5.10 Å². The van der Waals surface area contributed by atoms with E-state index in [2.05, 4.69) is 15.7 Å². The molecule has 0 bridgehead atoms. The highest BCUT2D eigenvalue weighted by atomic mass is 16.5. The van der Waals surface area contributed by atoms with Gasteiger partial charge in [-0.05, 0) is 25.0 Å². The van der Waals surface area contributed by atoms with Gasteiger partial charge in [0.15, 0.2) is 0 Å². The first-order valence-corrected chi connectivity index (χ1v) is 9.20. The summed E-state index contributed by atoms with van der Waals surface area (Å²) in [4.78, 5) is 27.9. The molecule has 2 heterocycles. The highest BCUT2D eigenvalue weighted by Gasteiger charge is 2.26. The molecule has 0 spiro atoms. The lowest BCUT2D eigenvalue weighted by molar-refractivity contribution is 0.146. The molecule has 2 N–H and O–H groups in total. The molecule has 1 saturated heterocycles. The fraction of sp³-hybridized carbons (Fsp3) is 0.421. The van der Waals surface area contributed by atoms with E-state index in [4.69, 9.17) is 4.74 Å². The number of para-hydroxylation sites is 2. The lowest BCUT2D eigenvalue weighted by Gasteiger charge is -2.34. The topological polar surface area (TPSA) is 91.7 Å². The Morgan fingerprint density at radius 3 is 2.54 bits per heavy atom. The van der Waals surface area contributed by atoms with Crippen LogP contribution in [-0.4, -0.2) is 65.9 Å². The van der Waals surface area contributed by atoms with Crippen LogP contribution in [0.1, 0.15) is 18.9 Å². The van der Waals surface area contributed by atoms with E-state index in [0.29, 0.717) is 30.3 Å². The molecule has 1 aliphatic rings. The minimum Gasteiger partial charge on any atom is -0.495 e. The van der Waals surface area contributed by atoms with E-state index in [0.717, 1.165) is 12.8 Å². The average molecular weight is 386 g/mol. The average Bonchev–Trinajstić information content (AvgIpc) is 3.15. The molecule has 1 fully saturated rings. The number of likely N-dealkylation sites (tertiary alicyclic amines) is 1. The highest BCUT2D eigenvalue weighted by Crippen LogP contribution is 2.27. The molecular formula is C19H26N6O3. The normalized spacial score (nSPS) is 14.5. The number of carbonyl (C=O) groups excluding carboxylic acids is 2. The van der Waals surface area contributed by atoms with Gasteiger partial charge in [0.2, 0.25) is 0 Å². The Balaban J connectivity index is 1.61. The first kappa shape index (κ1) is 19.5. The summed E-state index contributed by atoms with van der Waals surface area (Å²) in [7, 11) is 5.06. The lowest BCUT2D eigenvalue weighted by Crippen LogP contribution is -2.44. The second kappa shape index (κ2) is 8.64. The molecule has 2 aromatic rings. The summed E-state index contributed by atoms with van der Waals surface area (Å²) >= 11 is 0. The standard InChI is InChI=1S/C19H26N6O3/c1-23(2)19(27)24-12-9-14(10-13-24)25-17(8-11-20-25)22-18(26)21-15-6-4-5-7-16(15)28-3/h4-8,11,14H,9-10,12-13H2,1-3H3,(H2,21,22,26). The maximum absolute atomic E-state index is 12.4. The molecule has 4 amide bonds.